The quantitative estimate of drug-likeness (QED) is 0.731. The van der Waals surface area contributed by atoms with E-state index in [1.165, 1.54) is 6.92 Å². The summed E-state index contributed by atoms with van der Waals surface area (Å²) in [4.78, 5) is 11.2. The van der Waals surface area contributed by atoms with Crippen LogP contribution in [0.3, 0.4) is 0 Å². The number of Topliss-reactive ketones (excluding diaryl/α,β-unsaturated/α-hetero) is 1. The fourth-order valence-electron chi connectivity index (χ4n) is 2.98. The molecule has 0 amide bonds. The third-order valence-corrected chi connectivity index (χ3v) is 4.14. The molecule has 18 heavy (non-hydrogen) atoms. The minimum Gasteiger partial charge on any atom is -0.295 e. The SMILES string of the molecule is CC(=O)c1ccc(C2(C(C)(F)F)CCCC2)cc1. The highest BCUT2D eigenvalue weighted by atomic mass is 19.3. The maximum Gasteiger partial charge on any atom is 0.254 e. The van der Waals surface area contributed by atoms with Crippen LogP contribution in [0, 0.1) is 0 Å². The Balaban J connectivity index is 2.41. The zero-order valence-electron chi connectivity index (χ0n) is 10.8. The van der Waals surface area contributed by atoms with Crippen molar-refractivity contribution >= 4 is 5.78 Å². The Labute approximate surface area is 106 Å². The van der Waals surface area contributed by atoms with Crippen molar-refractivity contribution in [1.82, 2.24) is 0 Å². The predicted molar refractivity (Wildman–Crippen MR) is 67.2 cm³/mol. The number of ketones is 1. The van der Waals surface area contributed by atoms with E-state index in [1.54, 1.807) is 24.3 Å². The number of carbonyl (C=O) groups excluding carboxylic acids is 1. The molecule has 3 heteroatoms. The van der Waals surface area contributed by atoms with Gasteiger partial charge in [0.1, 0.15) is 0 Å². The summed E-state index contributed by atoms with van der Waals surface area (Å²) in [5.41, 5.74) is 0.200. The van der Waals surface area contributed by atoms with Gasteiger partial charge in [0.05, 0.1) is 5.41 Å². The molecular weight excluding hydrogens is 234 g/mol. The van der Waals surface area contributed by atoms with Gasteiger partial charge in [-0.3, -0.25) is 4.79 Å². The van der Waals surface area contributed by atoms with Gasteiger partial charge in [0, 0.05) is 12.5 Å². The molecule has 1 aliphatic rings. The molecule has 0 saturated heterocycles. The molecule has 0 atom stereocenters. The molecule has 0 aromatic heterocycles. The Bertz CT molecular complexity index is 437. The summed E-state index contributed by atoms with van der Waals surface area (Å²) in [5.74, 6) is -2.76. The third-order valence-electron chi connectivity index (χ3n) is 4.14. The van der Waals surface area contributed by atoms with Crippen molar-refractivity contribution in [2.75, 3.05) is 0 Å². The minimum absolute atomic E-state index is 0.0368. The van der Waals surface area contributed by atoms with Crippen LogP contribution in [0.5, 0.6) is 0 Å². The maximum atomic E-state index is 14.0. The number of hydrogen-bond acceptors (Lipinski definition) is 1. The number of rotatable bonds is 3. The molecule has 1 fully saturated rings. The number of hydrogen-bond donors (Lipinski definition) is 0. The van der Waals surface area contributed by atoms with Gasteiger partial charge in [0.15, 0.2) is 5.78 Å². The normalized spacial score (nSPS) is 18.9. The van der Waals surface area contributed by atoms with E-state index in [9.17, 15) is 13.6 Å². The molecule has 0 N–H and O–H groups in total. The van der Waals surface area contributed by atoms with Crippen molar-refractivity contribution in [3.63, 3.8) is 0 Å². The summed E-state index contributed by atoms with van der Waals surface area (Å²) in [7, 11) is 0. The lowest BCUT2D eigenvalue weighted by atomic mass is 9.74. The Kier molecular flexibility index (Phi) is 3.26. The van der Waals surface area contributed by atoms with Crippen LogP contribution in [0.15, 0.2) is 24.3 Å². The lowest BCUT2D eigenvalue weighted by Gasteiger charge is -2.35. The van der Waals surface area contributed by atoms with Crippen LogP contribution in [0.4, 0.5) is 8.78 Å². The first kappa shape index (κ1) is 13.2. The van der Waals surface area contributed by atoms with Crippen LogP contribution in [0.2, 0.25) is 0 Å². The Morgan fingerprint density at radius 2 is 1.67 bits per heavy atom. The summed E-state index contributed by atoms with van der Waals surface area (Å²) in [6.45, 7) is 2.49. The van der Waals surface area contributed by atoms with Gasteiger partial charge in [-0.05, 0) is 25.3 Å². The number of benzene rings is 1. The van der Waals surface area contributed by atoms with Crippen LogP contribution >= 0.6 is 0 Å². The molecule has 0 bridgehead atoms. The fraction of sp³-hybridized carbons (Fsp3) is 0.533. The smallest absolute Gasteiger partial charge is 0.254 e. The molecule has 1 aromatic carbocycles. The fourth-order valence-corrected chi connectivity index (χ4v) is 2.98. The standard InChI is InChI=1S/C15H18F2O/c1-11(18)12-5-7-13(8-6-12)15(14(2,16)17)9-3-4-10-15/h5-8H,3-4,9-10H2,1-2H3. The molecule has 1 saturated carbocycles. The topological polar surface area (TPSA) is 17.1 Å². The average Bonchev–Trinajstić information content (AvgIpc) is 2.78. The molecule has 1 aromatic rings. The molecule has 0 aliphatic heterocycles. The van der Waals surface area contributed by atoms with Gasteiger partial charge in [-0.25, -0.2) is 8.78 Å². The Hall–Kier alpha value is -1.25. The highest BCUT2D eigenvalue weighted by Gasteiger charge is 2.52. The summed E-state index contributed by atoms with van der Waals surface area (Å²) in [6, 6.07) is 6.70. The predicted octanol–water partition coefficient (Wildman–Crippen LogP) is 4.36. The van der Waals surface area contributed by atoms with Crippen LogP contribution in [-0.2, 0) is 5.41 Å². The third kappa shape index (κ3) is 2.06. The first-order chi connectivity index (χ1) is 8.37. The highest BCUT2D eigenvalue weighted by molar-refractivity contribution is 5.94. The number of alkyl halides is 2. The van der Waals surface area contributed by atoms with Crippen molar-refractivity contribution in [3.05, 3.63) is 35.4 Å². The first-order valence-corrected chi connectivity index (χ1v) is 6.36. The molecular formula is C15H18F2O. The molecule has 1 nitrogen and oxygen atoms in total. The Morgan fingerprint density at radius 3 is 2.06 bits per heavy atom. The van der Waals surface area contributed by atoms with Gasteiger partial charge in [-0.15, -0.1) is 0 Å². The van der Waals surface area contributed by atoms with Crippen LogP contribution in [0.1, 0.15) is 55.5 Å². The van der Waals surface area contributed by atoms with Crippen molar-refractivity contribution in [1.29, 1.82) is 0 Å². The number of carbonyl (C=O) groups is 1. The zero-order valence-corrected chi connectivity index (χ0v) is 10.8. The molecule has 2 rings (SSSR count). The highest BCUT2D eigenvalue weighted by Crippen LogP contribution is 2.51. The van der Waals surface area contributed by atoms with Crippen molar-refractivity contribution in [2.45, 2.75) is 50.9 Å². The lowest BCUT2D eigenvalue weighted by molar-refractivity contribution is -0.0599. The van der Waals surface area contributed by atoms with Crippen molar-refractivity contribution in [3.8, 4) is 0 Å². The second kappa shape index (κ2) is 4.45. The number of halogens is 2. The zero-order chi connectivity index (χ0) is 13.4. The first-order valence-electron chi connectivity index (χ1n) is 6.36. The van der Waals surface area contributed by atoms with Gasteiger partial charge < -0.3 is 0 Å². The monoisotopic (exact) mass is 252 g/mol. The van der Waals surface area contributed by atoms with E-state index in [-0.39, 0.29) is 5.78 Å². The molecule has 1 aliphatic carbocycles. The molecule has 98 valence electrons. The van der Waals surface area contributed by atoms with E-state index < -0.39 is 11.3 Å². The second-order valence-corrected chi connectivity index (χ2v) is 5.31. The maximum absolute atomic E-state index is 14.0. The van der Waals surface area contributed by atoms with E-state index in [4.69, 9.17) is 0 Å². The summed E-state index contributed by atoms with van der Waals surface area (Å²) < 4.78 is 27.9. The second-order valence-electron chi connectivity index (χ2n) is 5.31. The summed E-state index contributed by atoms with van der Waals surface area (Å²) in [6.07, 6.45) is 2.74. The largest absolute Gasteiger partial charge is 0.295 e. The van der Waals surface area contributed by atoms with Gasteiger partial charge in [0.2, 0.25) is 0 Å². The molecule has 0 unspecified atom stereocenters. The molecule has 0 spiro atoms. The van der Waals surface area contributed by atoms with E-state index >= 15 is 0 Å². The summed E-state index contributed by atoms with van der Waals surface area (Å²) >= 11 is 0. The van der Waals surface area contributed by atoms with Gasteiger partial charge in [0.25, 0.3) is 5.92 Å². The van der Waals surface area contributed by atoms with Crippen molar-refractivity contribution < 1.29 is 13.6 Å². The van der Waals surface area contributed by atoms with Crippen molar-refractivity contribution in [2.24, 2.45) is 0 Å². The molecule has 0 heterocycles. The van der Waals surface area contributed by atoms with Crippen LogP contribution in [0.25, 0.3) is 0 Å². The van der Waals surface area contributed by atoms with Gasteiger partial charge >= 0.3 is 0 Å². The molecule has 0 radical (unpaired) electrons. The Morgan fingerprint density at radius 1 is 1.17 bits per heavy atom. The minimum atomic E-state index is -2.72. The van der Waals surface area contributed by atoms with E-state index in [0.717, 1.165) is 19.8 Å². The van der Waals surface area contributed by atoms with E-state index in [1.807, 2.05) is 0 Å². The lowest BCUT2D eigenvalue weighted by Crippen LogP contribution is -2.40. The van der Waals surface area contributed by atoms with E-state index in [2.05, 4.69) is 0 Å². The van der Waals surface area contributed by atoms with Gasteiger partial charge in [-0.1, -0.05) is 37.1 Å². The summed E-state index contributed by atoms with van der Waals surface area (Å²) in [5, 5.41) is 0. The van der Waals surface area contributed by atoms with E-state index in [0.29, 0.717) is 24.0 Å². The van der Waals surface area contributed by atoms with Crippen LogP contribution in [-0.4, -0.2) is 11.7 Å². The van der Waals surface area contributed by atoms with Crippen LogP contribution < -0.4 is 0 Å². The average molecular weight is 252 g/mol. The van der Waals surface area contributed by atoms with Gasteiger partial charge in [-0.2, -0.15) is 0 Å².